The third-order valence-electron chi connectivity index (χ3n) is 6.64. The van der Waals surface area contributed by atoms with E-state index in [2.05, 4.69) is 33.8 Å². The molecule has 4 aromatic rings. The lowest BCUT2D eigenvalue weighted by molar-refractivity contribution is 0.0937. The first-order chi connectivity index (χ1) is 16.7. The van der Waals surface area contributed by atoms with Crippen LogP contribution in [0.1, 0.15) is 35.2 Å². The smallest absolute Gasteiger partial charge is 0.251 e. The fourth-order valence-corrected chi connectivity index (χ4v) is 4.82. The molecule has 0 saturated heterocycles. The van der Waals surface area contributed by atoms with E-state index in [0.717, 1.165) is 59.9 Å². The van der Waals surface area contributed by atoms with E-state index in [-0.39, 0.29) is 17.8 Å². The Morgan fingerprint density at radius 1 is 0.941 bits per heavy atom. The Labute approximate surface area is 199 Å². The first-order valence-corrected chi connectivity index (χ1v) is 11.9. The van der Waals surface area contributed by atoms with Gasteiger partial charge >= 0.3 is 0 Å². The van der Waals surface area contributed by atoms with Gasteiger partial charge < -0.3 is 10.6 Å². The first-order valence-electron chi connectivity index (χ1n) is 11.9. The molecule has 1 aliphatic rings. The molecule has 4 nitrogen and oxygen atoms in total. The van der Waals surface area contributed by atoms with Gasteiger partial charge in [0, 0.05) is 35.3 Å². The van der Waals surface area contributed by atoms with Gasteiger partial charge in [-0.2, -0.15) is 0 Å². The number of amides is 1. The van der Waals surface area contributed by atoms with Crippen LogP contribution in [0.5, 0.6) is 0 Å². The monoisotopic (exact) mass is 453 g/mol. The van der Waals surface area contributed by atoms with Crippen LogP contribution in [0, 0.1) is 11.7 Å². The maximum atomic E-state index is 13.0. The third kappa shape index (κ3) is 5.15. The zero-order chi connectivity index (χ0) is 23.3. The minimum Gasteiger partial charge on any atom is -0.349 e. The van der Waals surface area contributed by atoms with Crippen molar-refractivity contribution >= 4 is 16.8 Å². The number of pyridine rings is 1. The van der Waals surface area contributed by atoms with Crippen molar-refractivity contribution in [1.82, 2.24) is 15.6 Å². The lowest BCUT2D eigenvalue weighted by Crippen LogP contribution is -2.33. The average molecular weight is 454 g/mol. The minimum absolute atomic E-state index is 0.0208. The van der Waals surface area contributed by atoms with Crippen LogP contribution in [0.25, 0.3) is 22.0 Å². The van der Waals surface area contributed by atoms with E-state index in [1.54, 1.807) is 6.20 Å². The van der Waals surface area contributed by atoms with E-state index in [9.17, 15) is 9.18 Å². The molecule has 172 valence electrons. The molecular weight excluding hydrogens is 425 g/mol. The van der Waals surface area contributed by atoms with Crippen molar-refractivity contribution in [2.24, 2.45) is 5.92 Å². The number of nitrogens with one attached hydrogen (secondary N) is 2. The number of fused-ring (bicyclic) bond motifs is 1. The Morgan fingerprint density at radius 3 is 2.56 bits per heavy atom. The Kier molecular flexibility index (Phi) is 6.63. The minimum atomic E-state index is -0.210. The highest BCUT2D eigenvalue weighted by atomic mass is 19.1. The summed E-state index contributed by atoms with van der Waals surface area (Å²) in [6.45, 7) is 1.63. The van der Waals surface area contributed by atoms with Crippen LogP contribution in [0.3, 0.4) is 0 Å². The highest BCUT2D eigenvalue weighted by molar-refractivity contribution is 5.97. The zero-order valence-electron chi connectivity index (χ0n) is 19.0. The van der Waals surface area contributed by atoms with E-state index >= 15 is 0 Å². The van der Waals surface area contributed by atoms with Crippen molar-refractivity contribution in [3.05, 3.63) is 102 Å². The summed E-state index contributed by atoms with van der Waals surface area (Å²) in [6, 6.07) is 24.7. The van der Waals surface area contributed by atoms with Gasteiger partial charge in [0.15, 0.2) is 0 Å². The van der Waals surface area contributed by atoms with Gasteiger partial charge in [0.2, 0.25) is 0 Å². The molecule has 1 fully saturated rings. The molecule has 2 atom stereocenters. The molecule has 1 heterocycles. The lowest BCUT2D eigenvalue weighted by atomic mass is 10.0. The summed E-state index contributed by atoms with van der Waals surface area (Å²) in [5.41, 5.74) is 4.83. The molecular formula is C29H28FN3O. The van der Waals surface area contributed by atoms with Gasteiger partial charge in [0.25, 0.3) is 5.91 Å². The molecule has 2 N–H and O–H groups in total. The summed E-state index contributed by atoms with van der Waals surface area (Å²) < 4.78 is 13.0. The maximum absolute atomic E-state index is 13.0. The summed E-state index contributed by atoms with van der Waals surface area (Å²) in [4.78, 5) is 17.4. The molecule has 1 amide bonds. The van der Waals surface area contributed by atoms with Crippen molar-refractivity contribution in [3.8, 4) is 11.1 Å². The second-order valence-electron chi connectivity index (χ2n) is 9.06. The fourth-order valence-electron chi connectivity index (χ4n) is 4.82. The molecule has 2 unspecified atom stereocenters. The second-order valence-corrected chi connectivity index (χ2v) is 9.06. The Balaban J connectivity index is 1.14. The largest absolute Gasteiger partial charge is 0.349 e. The van der Waals surface area contributed by atoms with Gasteiger partial charge in [-0.3, -0.25) is 9.78 Å². The number of rotatable bonds is 7. The third-order valence-corrected chi connectivity index (χ3v) is 6.64. The summed E-state index contributed by atoms with van der Waals surface area (Å²) in [6.07, 6.45) is 4.87. The van der Waals surface area contributed by atoms with Gasteiger partial charge in [-0.1, -0.05) is 48.5 Å². The number of halogens is 1. The van der Waals surface area contributed by atoms with Gasteiger partial charge in [-0.15, -0.1) is 0 Å². The fraction of sp³-hybridized carbons (Fsp3) is 0.241. The van der Waals surface area contributed by atoms with E-state index in [1.807, 2.05) is 48.5 Å². The van der Waals surface area contributed by atoms with Crippen LogP contribution in [0.4, 0.5) is 4.39 Å². The SMILES string of the molecule is O=C(NC1CCC(CNCc2ccc(F)cc2)C1)c1ccc(-c2cccc3cccnc23)cc1. The van der Waals surface area contributed by atoms with Crippen molar-refractivity contribution in [3.63, 3.8) is 0 Å². The Bertz CT molecular complexity index is 1270. The number of benzene rings is 3. The predicted molar refractivity (Wildman–Crippen MR) is 134 cm³/mol. The predicted octanol–water partition coefficient (Wildman–Crippen LogP) is 5.73. The Morgan fingerprint density at radius 2 is 1.74 bits per heavy atom. The molecule has 1 saturated carbocycles. The normalized spacial score (nSPS) is 17.7. The molecule has 1 aliphatic carbocycles. The molecule has 5 rings (SSSR count). The number of aromatic nitrogens is 1. The summed E-state index contributed by atoms with van der Waals surface area (Å²) in [5, 5.41) is 7.77. The lowest BCUT2D eigenvalue weighted by Gasteiger charge is -2.14. The summed E-state index contributed by atoms with van der Waals surface area (Å²) in [7, 11) is 0. The number of carbonyl (C=O) groups is 1. The van der Waals surface area contributed by atoms with Crippen molar-refractivity contribution < 1.29 is 9.18 Å². The zero-order valence-corrected chi connectivity index (χ0v) is 19.0. The molecule has 0 spiro atoms. The van der Waals surface area contributed by atoms with E-state index in [4.69, 9.17) is 0 Å². The van der Waals surface area contributed by atoms with E-state index in [0.29, 0.717) is 11.5 Å². The van der Waals surface area contributed by atoms with Crippen LogP contribution in [0.15, 0.2) is 85.1 Å². The van der Waals surface area contributed by atoms with Gasteiger partial charge in [0.05, 0.1) is 5.52 Å². The van der Waals surface area contributed by atoms with Crippen molar-refractivity contribution in [2.75, 3.05) is 6.54 Å². The number of nitrogens with zero attached hydrogens (tertiary/aromatic N) is 1. The quantitative estimate of drug-likeness (QED) is 0.376. The number of hydrogen-bond donors (Lipinski definition) is 2. The standard InChI is InChI=1S/C29H28FN3O/c30-25-13-6-20(7-14-25)18-31-19-21-8-15-26(17-21)33-29(34)24-11-9-22(10-12-24)27-5-1-3-23-4-2-16-32-28(23)27/h1-7,9-14,16,21,26,31H,8,15,17-19H2,(H,33,34). The summed E-state index contributed by atoms with van der Waals surface area (Å²) in [5.74, 6) is 0.304. The molecule has 5 heteroatoms. The van der Waals surface area contributed by atoms with E-state index in [1.165, 1.54) is 12.1 Å². The van der Waals surface area contributed by atoms with Crippen LogP contribution < -0.4 is 10.6 Å². The highest BCUT2D eigenvalue weighted by Gasteiger charge is 2.26. The van der Waals surface area contributed by atoms with Crippen LogP contribution in [-0.2, 0) is 6.54 Å². The van der Waals surface area contributed by atoms with Crippen LogP contribution >= 0.6 is 0 Å². The molecule has 0 bridgehead atoms. The van der Waals surface area contributed by atoms with Gasteiger partial charge in [0.1, 0.15) is 5.82 Å². The highest BCUT2D eigenvalue weighted by Crippen LogP contribution is 2.28. The molecule has 3 aromatic carbocycles. The van der Waals surface area contributed by atoms with Gasteiger partial charge in [-0.05, 0) is 73.2 Å². The van der Waals surface area contributed by atoms with Gasteiger partial charge in [-0.25, -0.2) is 4.39 Å². The van der Waals surface area contributed by atoms with Crippen molar-refractivity contribution in [1.29, 1.82) is 0 Å². The molecule has 0 radical (unpaired) electrons. The molecule has 1 aromatic heterocycles. The van der Waals surface area contributed by atoms with Crippen LogP contribution in [-0.4, -0.2) is 23.5 Å². The van der Waals surface area contributed by atoms with E-state index < -0.39 is 0 Å². The number of carbonyl (C=O) groups excluding carboxylic acids is 1. The molecule has 0 aliphatic heterocycles. The average Bonchev–Trinajstić information content (AvgIpc) is 3.32. The van der Waals surface area contributed by atoms with Crippen LogP contribution in [0.2, 0.25) is 0 Å². The Hall–Kier alpha value is -3.57. The first kappa shape index (κ1) is 22.2. The molecule has 34 heavy (non-hydrogen) atoms. The topological polar surface area (TPSA) is 54.0 Å². The van der Waals surface area contributed by atoms with Crippen molar-refractivity contribution in [2.45, 2.75) is 31.8 Å². The maximum Gasteiger partial charge on any atom is 0.251 e. The summed E-state index contributed by atoms with van der Waals surface area (Å²) >= 11 is 0. The number of hydrogen-bond acceptors (Lipinski definition) is 3. The number of para-hydroxylation sites is 1. The second kappa shape index (κ2) is 10.1.